The Bertz CT molecular complexity index is 961. The van der Waals surface area contributed by atoms with Crippen molar-refractivity contribution in [1.82, 2.24) is 0 Å². The molecular weight excluding hydrogens is 599 g/mol. The number of allylic oxidation sites excluding steroid dienone is 1. The summed E-state index contributed by atoms with van der Waals surface area (Å²) in [5.74, 6) is -0.851. The maximum absolute atomic E-state index is 13.3. The van der Waals surface area contributed by atoms with Crippen molar-refractivity contribution < 1.29 is 47.3 Å². The summed E-state index contributed by atoms with van der Waals surface area (Å²) in [5, 5.41) is 0. The van der Waals surface area contributed by atoms with Gasteiger partial charge >= 0.3 is 11.9 Å². The summed E-state index contributed by atoms with van der Waals surface area (Å²) in [6.45, 7) is 16.1. The van der Waals surface area contributed by atoms with Crippen LogP contribution in [0, 0.1) is 5.41 Å². The third-order valence-corrected chi connectivity index (χ3v) is 8.42. The molecule has 0 spiro atoms. The third kappa shape index (κ3) is 13.0. The van der Waals surface area contributed by atoms with Crippen LogP contribution in [-0.4, -0.2) is 83.5 Å². The van der Waals surface area contributed by atoms with Gasteiger partial charge in [0.1, 0.15) is 0 Å². The third-order valence-electron chi connectivity index (χ3n) is 7.82. The Hall–Kier alpha value is -1.91. The summed E-state index contributed by atoms with van der Waals surface area (Å²) < 4.78 is 47.4. The zero-order valence-corrected chi connectivity index (χ0v) is 29.6. The predicted molar refractivity (Wildman–Crippen MR) is 177 cm³/mol. The van der Waals surface area contributed by atoms with Gasteiger partial charge in [-0.1, -0.05) is 45.9 Å². The van der Waals surface area contributed by atoms with E-state index >= 15 is 0 Å². The first-order chi connectivity index (χ1) is 21.5. The van der Waals surface area contributed by atoms with Gasteiger partial charge in [-0.15, -0.1) is 6.58 Å². The first-order valence-electron chi connectivity index (χ1n) is 15.7. The Morgan fingerprint density at radius 2 is 1.84 bits per heavy atom. The molecule has 6 atom stereocenters. The summed E-state index contributed by atoms with van der Waals surface area (Å²) in [5.41, 5.74) is -0.429. The number of rotatable bonds is 23. The molecule has 0 aromatic carbocycles. The zero-order valence-electron chi connectivity index (χ0n) is 28.6. The second-order valence-electron chi connectivity index (χ2n) is 11.5. The zero-order chi connectivity index (χ0) is 33.9. The van der Waals surface area contributed by atoms with E-state index in [0.717, 1.165) is 25.7 Å². The Kier molecular flexibility index (Phi) is 19.9. The molecule has 0 aromatic heterocycles. The van der Waals surface area contributed by atoms with Crippen LogP contribution >= 0.6 is 8.81 Å². The molecule has 1 fully saturated rings. The molecule has 1 unspecified atom stereocenters. The van der Waals surface area contributed by atoms with Gasteiger partial charge in [0.25, 0.3) is 0 Å². The molecule has 11 heteroatoms. The number of carbonyl (C=O) groups is 2. The van der Waals surface area contributed by atoms with E-state index in [4.69, 9.17) is 37.7 Å². The molecule has 1 aliphatic heterocycles. The molecular formula is C34H57O10P. The molecule has 1 saturated heterocycles. The molecule has 0 radical (unpaired) electrons. The molecule has 0 bridgehead atoms. The van der Waals surface area contributed by atoms with E-state index in [2.05, 4.69) is 20.1 Å². The molecule has 1 rings (SSSR count). The van der Waals surface area contributed by atoms with Gasteiger partial charge in [-0.3, -0.25) is 4.79 Å². The van der Waals surface area contributed by atoms with E-state index in [-0.39, 0.29) is 33.9 Å². The van der Waals surface area contributed by atoms with Crippen LogP contribution in [0.1, 0.15) is 79.1 Å². The van der Waals surface area contributed by atoms with Crippen LogP contribution in [0.2, 0.25) is 0 Å². The first-order valence-corrected chi connectivity index (χ1v) is 16.7. The Balaban J connectivity index is 3.68. The van der Waals surface area contributed by atoms with Crippen molar-refractivity contribution in [2.75, 3.05) is 35.0 Å². The van der Waals surface area contributed by atoms with Crippen molar-refractivity contribution in [2.45, 2.75) is 116 Å². The molecule has 0 amide bonds. The van der Waals surface area contributed by atoms with E-state index in [1.807, 2.05) is 32.9 Å². The maximum Gasteiger partial charge on any atom is 0.330 e. The maximum atomic E-state index is 13.3. The van der Waals surface area contributed by atoms with Crippen molar-refractivity contribution in [3.63, 3.8) is 0 Å². The number of carbonyl (C=O) groups excluding carboxylic acids is 2. The van der Waals surface area contributed by atoms with Gasteiger partial charge in [0.15, 0.2) is 12.4 Å². The van der Waals surface area contributed by atoms with Crippen molar-refractivity contribution in [1.29, 1.82) is 0 Å². The normalized spacial score (nSPS) is 23.1. The summed E-state index contributed by atoms with van der Waals surface area (Å²) in [6, 6.07) is 0. The molecule has 0 N–H and O–H groups in total. The van der Waals surface area contributed by atoms with Crippen LogP contribution in [0.25, 0.3) is 0 Å². The highest BCUT2D eigenvalue weighted by atomic mass is 31.1. The average molecular weight is 657 g/mol. The highest BCUT2D eigenvalue weighted by Crippen LogP contribution is 2.49. The van der Waals surface area contributed by atoms with Crippen LogP contribution in [0.15, 0.2) is 48.9 Å². The molecule has 0 aliphatic carbocycles. The molecule has 10 nitrogen and oxygen atoms in total. The van der Waals surface area contributed by atoms with E-state index in [0.29, 0.717) is 25.0 Å². The average Bonchev–Trinajstić information content (AvgIpc) is 3.02. The lowest BCUT2D eigenvalue weighted by molar-refractivity contribution is -0.338. The summed E-state index contributed by atoms with van der Waals surface area (Å²) in [4.78, 5) is 25.9. The number of methoxy groups -OCH3 is 4. The fraction of sp³-hybridized carbons (Fsp3) is 0.706. The molecule has 45 heavy (non-hydrogen) atoms. The van der Waals surface area contributed by atoms with Gasteiger partial charge < -0.3 is 37.7 Å². The Morgan fingerprint density at radius 1 is 1.13 bits per heavy atom. The van der Waals surface area contributed by atoms with Gasteiger partial charge in [-0.05, 0) is 56.5 Å². The number of hydrogen-bond acceptors (Lipinski definition) is 10. The minimum absolute atomic E-state index is 0.0614. The summed E-state index contributed by atoms with van der Waals surface area (Å²) >= 11 is 0. The fourth-order valence-corrected chi connectivity index (χ4v) is 5.75. The lowest BCUT2D eigenvalue weighted by Crippen LogP contribution is -2.63. The minimum Gasteiger partial charge on any atom is -0.466 e. The van der Waals surface area contributed by atoms with Crippen molar-refractivity contribution in [3.05, 3.63) is 48.9 Å². The monoisotopic (exact) mass is 656 g/mol. The van der Waals surface area contributed by atoms with Crippen LogP contribution < -0.4 is 0 Å². The van der Waals surface area contributed by atoms with Crippen LogP contribution in [0.4, 0.5) is 0 Å². The molecule has 1 aliphatic rings. The standard InChI is InChI=1S/C34H57O10P/c1-11-14-16-17-18-29(35)42-32-26(23-30(36)37-7)22-27(24-28(44-45-13-3)25(4)41-21-15-12-2)43-34(32,40-10)33(5,6)20-19-31(38-8)39-9/h11,13,19-20,23,25,27-28,31-32,45H,1,3,12,14-18,21-22,24H2,2,4-10H3/b20-19+,26-23+/t25-,27+,28-,32+,34-/m1/s1. The lowest BCUT2D eigenvalue weighted by atomic mass is 9.74. The predicted octanol–water partition coefficient (Wildman–Crippen LogP) is 6.79. The van der Waals surface area contributed by atoms with E-state index in [1.165, 1.54) is 34.5 Å². The van der Waals surface area contributed by atoms with Crippen LogP contribution in [-0.2, 0) is 47.3 Å². The quantitative estimate of drug-likeness (QED) is 0.0291. The van der Waals surface area contributed by atoms with Crippen LogP contribution in [0.3, 0.4) is 0 Å². The van der Waals surface area contributed by atoms with Crippen molar-refractivity contribution >= 4 is 20.7 Å². The van der Waals surface area contributed by atoms with Gasteiger partial charge in [0.2, 0.25) is 5.79 Å². The minimum atomic E-state index is -1.56. The molecule has 258 valence electrons. The first kappa shape index (κ1) is 41.1. The van der Waals surface area contributed by atoms with E-state index in [1.54, 1.807) is 11.9 Å². The smallest absolute Gasteiger partial charge is 0.330 e. The van der Waals surface area contributed by atoms with Crippen LogP contribution in [0.5, 0.6) is 0 Å². The molecule has 0 saturated carbocycles. The van der Waals surface area contributed by atoms with Crippen molar-refractivity contribution in [3.8, 4) is 0 Å². The van der Waals surface area contributed by atoms with Gasteiger partial charge in [-0.2, -0.15) is 0 Å². The Morgan fingerprint density at radius 3 is 2.42 bits per heavy atom. The van der Waals surface area contributed by atoms with E-state index < -0.39 is 41.6 Å². The Labute approximate surface area is 272 Å². The number of ether oxygens (including phenoxy) is 7. The fourth-order valence-electron chi connectivity index (χ4n) is 5.19. The highest BCUT2D eigenvalue weighted by Gasteiger charge is 2.59. The summed E-state index contributed by atoms with van der Waals surface area (Å²) in [6.07, 6.45) is 9.05. The van der Waals surface area contributed by atoms with E-state index in [9.17, 15) is 9.59 Å². The van der Waals surface area contributed by atoms with Crippen molar-refractivity contribution in [2.24, 2.45) is 5.41 Å². The SMILES string of the molecule is C=CCCCCC(=O)O[C@H]1/C(=C/C(=O)OC)C[C@@H](C[C@@H](OPC=C)[C@@H](C)OCCCC)O[C@@]1(OC)C(C)(C)/C=C/C(OC)OC. The van der Waals surface area contributed by atoms with Gasteiger partial charge in [0.05, 0.1) is 25.4 Å². The highest BCUT2D eigenvalue weighted by molar-refractivity contribution is 7.36. The number of unbranched alkanes of at least 4 members (excludes halogenated alkanes) is 3. The second kappa shape index (κ2) is 21.8. The largest absolute Gasteiger partial charge is 0.466 e. The van der Waals surface area contributed by atoms with Gasteiger partial charge in [-0.25, -0.2) is 4.79 Å². The lowest BCUT2D eigenvalue weighted by Gasteiger charge is -2.53. The second-order valence-corrected chi connectivity index (χ2v) is 12.4. The van der Waals surface area contributed by atoms with Gasteiger partial charge in [0, 0.05) is 61.1 Å². The molecule has 1 heterocycles. The number of esters is 2. The molecule has 0 aromatic rings. The number of hydrogen-bond donors (Lipinski definition) is 0. The summed E-state index contributed by atoms with van der Waals surface area (Å²) in [7, 11) is 5.94. The topological polar surface area (TPSA) is 108 Å².